The van der Waals surface area contributed by atoms with Crippen molar-refractivity contribution in [2.75, 3.05) is 18.4 Å². The van der Waals surface area contributed by atoms with E-state index in [2.05, 4.69) is 22.4 Å². The highest BCUT2D eigenvalue weighted by atomic mass is 32.1. The maximum atomic E-state index is 11.9. The Morgan fingerprint density at radius 2 is 2.18 bits per heavy atom. The van der Waals surface area contributed by atoms with Crippen molar-refractivity contribution in [3.05, 3.63) is 5.01 Å². The molecule has 0 aromatic carbocycles. The number of amides is 2. The molecule has 1 N–H and O–H groups in total. The summed E-state index contributed by atoms with van der Waals surface area (Å²) in [6, 6.07) is 0. The van der Waals surface area contributed by atoms with E-state index in [1.165, 1.54) is 24.2 Å². The number of carbonyl (C=O) groups excluding carboxylic acids is 2. The van der Waals surface area contributed by atoms with Crippen LogP contribution in [-0.4, -0.2) is 40.0 Å². The monoisotopic (exact) mass is 324 g/mol. The third-order valence-electron chi connectivity index (χ3n) is 3.74. The average molecular weight is 324 g/mol. The van der Waals surface area contributed by atoms with Gasteiger partial charge in [0.05, 0.1) is 0 Å². The SMILES string of the molecule is CCCCCc1nnc(NC(=O)CCN2CCCCC2=O)s1. The first-order valence-corrected chi connectivity index (χ1v) is 8.90. The highest BCUT2D eigenvalue weighted by Crippen LogP contribution is 2.18. The van der Waals surface area contributed by atoms with Gasteiger partial charge in [-0.05, 0) is 19.3 Å². The predicted molar refractivity (Wildman–Crippen MR) is 86.8 cm³/mol. The number of aryl methyl sites for hydroxylation is 1. The zero-order chi connectivity index (χ0) is 15.8. The highest BCUT2D eigenvalue weighted by molar-refractivity contribution is 7.15. The van der Waals surface area contributed by atoms with Crippen molar-refractivity contribution in [3.63, 3.8) is 0 Å². The van der Waals surface area contributed by atoms with Crippen molar-refractivity contribution in [1.82, 2.24) is 15.1 Å². The van der Waals surface area contributed by atoms with Gasteiger partial charge in [0.15, 0.2) is 0 Å². The van der Waals surface area contributed by atoms with Crippen LogP contribution in [0.5, 0.6) is 0 Å². The second-order valence-corrected chi connectivity index (χ2v) is 6.66. The fourth-order valence-electron chi connectivity index (χ4n) is 2.45. The number of unbranched alkanes of at least 4 members (excludes halogenated alkanes) is 2. The highest BCUT2D eigenvalue weighted by Gasteiger charge is 2.18. The molecule has 1 saturated heterocycles. The van der Waals surface area contributed by atoms with Crippen molar-refractivity contribution in [3.8, 4) is 0 Å². The zero-order valence-corrected chi connectivity index (χ0v) is 14.0. The smallest absolute Gasteiger partial charge is 0.227 e. The summed E-state index contributed by atoms with van der Waals surface area (Å²) in [5, 5.41) is 12.4. The first kappa shape index (κ1) is 16.9. The summed E-state index contributed by atoms with van der Waals surface area (Å²) in [5.74, 6) is 0.0582. The van der Waals surface area contributed by atoms with Crippen molar-refractivity contribution in [2.45, 2.75) is 58.3 Å². The van der Waals surface area contributed by atoms with E-state index in [1.54, 1.807) is 4.90 Å². The van der Waals surface area contributed by atoms with Gasteiger partial charge in [0.2, 0.25) is 16.9 Å². The molecule has 0 spiro atoms. The number of hydrogen-bond donors (Lipinski definition) is 1. The zero-order valence-electron chi connectivity index (χ0n) is 13.1. The van der Waals surface area contributed by atoms with Gasteiger partial charge in [-0.2, -0.15) is 0 Å². The fourth-order valence-corrected chi connectivity index (χ4v) is 3.25. The molecule has 0 aliphatic carbocycles. The van der Waals surface area contributed by atoms with Gasteiger partial charge in [0.25, 0.3) is 0 Å². The minimum absolute atomic E-state index is 0.102. The molecule has 1 aliphatic rings. The molecule has 2 rings (SSSR count). The predicted octanol–water partition coefficient (Wildman–Crippen LogP) is 2.61. The Morgan fingerprint density at radius 3 is 2.95 bits per heavy atom. The first-order chi connectivity index (χ1) is 10.7. The topological polar surface area (TPSA) is 75.2 Å². The van der Waals surface area contributed by atoms with Crippen molar-refractivity contribution in [1.29, 1.82) is 0 Å². The van der Waals surface area contributed by atoms with E-state index in [0.29, 0.717) is 24.5 Å². The third kappa shape index (κ3) is 5.36. The maximum Gasteiger partial charge on any atom is 0.227 e. The van der Waals surface area contributed by atoms with E-state index >= 15 is 0 Å². The van der Waals surface area contributed by atoms with Gasteiger partial charge >= 0.3 is 0 Å². The van der Waals surface area contributed by atoms with E-state index in [9.17, 15) is 9.59 Å². The molecule has 0 atom stereocenters. The molecule has 2 amide bonds. The Kier molecular flexibility index (Phi) is 6.76. The van der Waals surface area contributed by atoms with Gasteiger partial charge in [-0.15, -0.1) is 10.2 Å². The Hall–Kier alpha value is -1.50. The molecule has 6 nitrogen and oxygen atoms in total. The minimum Gasteiger partial charge on any atom is -0.342 e. The number of anilines is 1. The third-order valence-corrected chi connectivity index (χ3v) is 4.64. The van der Waals surface area contributed by atoms with E-state index in [-0.39, 0.29) is 11.8 Å². The molecule has 122 valence electrons. The summed E-state index contributed by atoms with van der Waals surface area (Å²) in [6.45, 7) is 3.43. The van der Waals surface area contributed by atoms with Crippen LogP contribution in [0.1, 0.15) is 56.9 Å². The Morgan fingerprint density at radius 1 is 1.32 bits per heavy atom. The molecule has 22 heavy (non-hydrogen) atoms. The van der Waals surface area contributed by atoms with Gasteiger partial charge in [-0.1, -0.05) is 31.1 Å². The lowest BCUT2D eigenvalue weighted by Crippen LogP contribution is -2.37. The molecule has 1 aromatic rings. The van der Waals surface area contributed by atoms with Crippen molar-refractivity contribution < 1.29 is 9.59 Å². The van der Waals surface area contributed by atoms with Crippen molar-refractivity contribution >= 4 is 28.3 Å². The molecule has 2 heterocycles. The standard InChI is InChI=1S/C15H24N4O2S/c1-2-3-4-7-13-17-18-15(22-13)16-12(20)9-11-19-10-6-5-8-14(19)21/h2-11H2,1H3,(H,16,18,20). The number of carbonyl (C=O) groups is 2. The molecular weight excluding hydrogens is 300 g/mol. The lowest BCUT2D eigenvalue weighted by molar-refractivity contribution is -0.133. The van der Waals surface area contributed by atoms with Crippen LogP contribution in [0.2, 0.25) is 0 Å². The quantitative estimate of drug-likeness (QED) is 0.746. The Balaban J connectivity index is 1.71. The first-order valence-electron chi connectivity index (χ1n) is 8.09. The summed E-state index contributed by atoms with van der Waals surface area (Å²) in [5.41, 5.74) is 0. The molecule has 7 heteroatoms. The number of rotatable bonds is 8. The lowest BCUT2D eigenvalue weighted by Gasteiger charge is -2.26. The number of aromatic nitrogens is 2. The van der Waals surface area contributed by atoms with E-state index in [1.807, 2.05) is 0 Å². The van der Waals surface area contributed by atoms with Crippen LogP contribution in [0.25, 0.3) is 0 Å². The Bertz CT molecular complexity index is 503. The van der Waals surface area contributed by atoms with Gasteiger partial charge in [-0.3, -0.25) is 9.59 Å². The summed E-state index contributed by atoms with van der Waals surface area (Å²) >= 11 is 1.44. The number of nitrogens with one attached hydrogen (secondary N) is 1. The fraction of sp³-hybridized carbons (Fsp3) is 0.733. The van der Waals surface area contributed by atoms with Crippen LogP contribution in [-0.2, 0) is 16.0 Å². The second kappa shape index (κ2) is 8.82. The molecule has 1 aliphatic heterocycles. The molecule has 0 unspecified atom stereocenters. The molecule has 0 radical (unpaired) electrons. The largest absolute Gasteiger partial charge is 0.342 e. The maximum absolute atomic E-state index is 11.9. The van der Waals surface area contributed by atoms with Gasteiger partial charge in [-0.25, -0.2) is 0 Å². The van der Waals surface area contributed by atoms with Crippen LogP contribution in [0, 0.1) is 0 Å². The van der Waals surface area contributed by atoms with E-state index < -0.39 is 0 Å². The molecule has 1 fully saturated rings. The Labute approximate surface area is 135 Å². The average Bonchev–Trinajstić information content (AvgIpc) is 2.94. The number of likely N-dealkylation sites (tertiary alicyclic amines) is 1. The minimum atomic E-state index is -0.102. The van der Waals surface area contributed by atoms with Crippen LogP contribution >= 0.6 is 11.3 Å². The number of nitrogens with zero attached hydrogens (tertiary/aromatic N) is 3. The molecule has 1 aromatic heterocycles. The van der Waals surface area contributed by atoms with Crippen LogP contribution in [0.3, 0.4) is 0 Å². The van der Waals surface area contributed by atoms with Crippen molar-refractivity contribution in [2.24, 2.45) is 0 Å². The molecule has 0 saturated carbocycles. The van der Waals surface area contributed by atoms with Crippen LogP contribution < -0.4 is 5.32 Å². The second-order valence-electron chi connectivity index (χ2n) is 5.59. The number of piperidine rings is 1. The van der Waals surface area contributed by atoms with Crippen LogP contribution in [0.4, 0.5) is 5.13 Å². The van der Waals surface area contributed by atoms with Gasteiger partial charge in [0, 0.05) is 32.4 Å². The van der Waals surface area contributed by atoms with E-state index in [4.69, 9.17) is 0 Å². The number of hydrogen-bond acceptors (Lipinski definition) is 5. The van der Waals surface area contributed by atoms with Gasteiger partial charge < -0.3 is 10.2 Å². The van der Waals surface area contributed by atoms with Crippen LogP contribution in [0.15, 0.2) is 0 Å². The summed E-state index contributed by atoms with van der Waals surface area (Å²) in [7, 11) is 0. The summed E-state index contributed by atoms with van der Waals surface area (Å²) < 4.78 is 0. The normalized spacial score (nSPS) is 15.1. The lowest BCUT2D eigenvalue weighted by atomic mass is 10.1. The molecule has 0 bridgehead atoms. The molecular formula is C15H24N4O2S. The van der Waals surface area contributed by atoms with Gasteiger partial charge in [0.1, 0.15) is 5.01 Å². The summed E-state index contributed by atoms with van der Waals surface area (Å²) in [6.07, 6.45) is 7.32. The van der Waals surface area contributed by atoms with E-state index in [0.717, 1.165) is 37.2 Å². The summed E-state index contributed by atoms with van der Waals surface area (Å²) in [4.78, 5) is 25.4.